The van der Waals surface area contributed by atoms with Gasteiger partial charge < -0.3 is 10.1 Å². The molecule has 0 aromatic carbocycles. The van der Waals surface area contributed by atoms with Crippen LogP contribution in [0.5, 0.6) is 0 Å². The van der Waals surface area contributed by atoms with Crippen LogP contribution in [0.2, 0.25) is 0 Å². The third kappa shape index (κ3) is 5.43. The normalized spacial score (nSPS) is 29.8. The topological polar surface area (TPSA) is 21.3 Å². The van der Waals surface area contributed by atoms with Gasteiger partial charge in [0.2, 0.25) is 0 Å². The maximum Gasteiger partial charge on any atom is 0.0468 e. The van der Waals surface area contributed by atoms with Crippen molar-refractivity contribution in [1.29, 1.82) is 0 Å². The first kappa shape index (κ1) is 15.3. The Labute approximate surface area is 119 Å². The quantitative estimate of drug-likeness (QED) is 0.789. The maximum absolute atomic E-state index is 5.49. The highest BCUT2D eigenvalue weighted by molar-refractivity contribution is 4.80. The predicted molar refractivity (Wildman–Crippen MR) is 81.3 cm³/mol. The van der Waals surface area contributed by atoms with Gasteiger partial charge in [0.15, 0.2) is 0 Å². The summed E-state index contributed by atoms with van der Waals surface area (Å²) in [5.74, 6) is 3.65. The molecule has 1 aliphatic heterocycles. The molecule has 2 unspecified atom stereocenters. The van der Waals surface area contributed by atoms with Crippen LogP contribution >= 0.6 is 0 Å². The Bertz CT molecular complexity index is 235. The second kappa shape index (κ2) is 8.26. The molecule has 1 aliphatic carbocycles. The molecule has 2 aliphatic rings. The van der Waals surface area contributed by atoms with Crippen LogP contribution < -0.4 is 5.32 Å². The van der Waals surface area contributed by atoms with Crippen molar-refractivity contribution < 1.29 is 4.74 Å². The van der Waals surface area contributed by atoms with Crippen molar-refractivity contribution in [3.05, 3.63) is 0 Å². The number of hydrogen-bond acceptors (Lipinski definition) is 2. The molecule has 0 amide bonds. The molecule has 1 heterocycles. The highest BCUT2D eigenvalue weighted by atomic mass is 16.5. The van der Waals surface area contributed by atoms with Gasteiger partial charge in [0.05, 0.1) is 0 Å². The second-order valence-electron chi connectivity index (χ2n) is 7.15. The summed E-state index contributed by atoms with van der Waals surface area (Å²) in [5.41, 5.74) is 0. The molecular formula is C17H33NO. The Kier molecular flexibility index (Phi) is 6.66. The minimum absolute atomic E-state index is 0.775. The van der Waals surface area contributed by atoms with E-state index in [0.717, 1.165) is 36.9 Å². The smallest absolute Gasteiger partial charge is 0.0468 e. The van der Waals surface area contributed by atoms with E-state index in [1.807, 2.05) is 0 Å². The number of rotatable bonds is 6. The standard InChI is InChI=1S/C17H33NO/c1-14(2)12-18-13-17-6-4-3-5-16(17)11-15-7-9-19-10-8-15/h14-18H,3-13H2,1-2H3. The lowest BCUT2D eigenvalue weighted by atomic mass is 9.73. The molecule has 2 heteroatoms. The van der Waals surface area contributed by atoms with E-state index in [2.05, 4.69) is 19.2 Å². The van der Waals surface area contributed by atoms with Gasteiger partial charge in [-0.2, -0.15) is 0 Å². The lowest BCUT2D eigenvalue weighted by Gasteiger charge is -2.35. The lowest BCUT2D eigenvalue weighted by molar-refractivity contribution is 0.0505. The van der Waals surface area contributed by atoms with E-state index in [9.17, 15) is 0 Å². The van der Waals surface area contributed by atoms with E-state index in [1.54, 1.807) is 0 Å². The molecule has 0 aromatic rings. The fourth-order valence-corrected chi connectivity index (χ4v) is 3.83. The highest BCUT2D eigenvalue weighted by Gasteiger charge is 2.28. The van der Waals surface area contributed by atoms with E-state index in [1.165, 1.54) is 58.0 Å². The molecular weight excluding hydrogens is 234 g/mol. The van der Waals surface area contributed by atoms with E-state index in [-0.39, 0.29) is 0 Å². The minimum atomic E-state index is 0.775. The van der Waals surface area contributed by atoms with Crippen LogP contribution in [0.3, 0.4) is 0 Å². The Hall–Kier alpha value is -0.0800. The minimum Gasteiger partial charge on any atom is -0.381 e. The van der Waals surface area contributed by atoms with Gasteiger partial charge in [0, 0.05) is 13.2 Å². The third-order valence-electron chi connectivity index (χ3n) is 5.00. The monoisotopic (exact) mass is 267 g/mol. The van der Waals surface area contributed by atoms with Gasteiger partial charge in [-0.3, -0.25) is 0 Å². The Morgan fingerprint density at radius 2 is 1.68 bits per heavy atom. The van der Waals surface area contributed by atoms with Gasteiger partial charge >= 0.3 is 0 Å². The molecule has 1 N–H and O–H groups in total. The van der Waals surface area contributed by atoms with E-state index < -0.39 is 0 Å². The summed E-state index contributed by atoms with van der Waals surface area (Å²) < 4.78 is 5.49. The average molecular weight is 267 g/mol. The summed E-state index contributed by atoms with van der Waals surface area (Å²) in [4.78, 5) is 0. The molecule has 2 fully saturated rings. The number of hydrogen-bond donors (Lipinski definition) is 1. The summed E-state index contributed by atoms with van der Waals surface area (Å²) in [6.07, 6.45) is 9.94. The molecule has 0 radical (unpaired) electrons. The first-order valence-electron chi connectivity index (χ1n) is 8.54. The van der Waals surface area contributed by atoms with E-state index in [4.69, 9.17) is 4.74 Å². The Balaban J connectivity index is 1.74. The van der Waals surface area contributed by atoms with Crippen LogP contribution in [0.25, 0.3) is 0 Å². The number of nitrogens with one attached hydrogen (secondary N) is 1. The van der Waals surface area contributed by atoms with E-state index >= 15 is 0 Å². The first-order valence-corrected chi connectivity index (χ1v) is 8.54. The van der Waals surface area contributed by atoms with Crippen LogP contribution in [-0.2, 0) is 4.74 Å². The summed E-state index contributed by atoms with van der Waals surface area (Å²) in [6.45, 7) is 9.05. The van der Waals surface area contributed by atoms with Gasteiger partial charge in [0.25, 0.3) is 0 Å². The highest BCUT2D eigenvalue weighted by Crippen LogP contribution is 2.36. The van der Waals surface area contributed by atoms with Crippen LogP contribution in [0.15, 0.2) is 0 Å². The molecule has 2 atom stereocenters. The van der Waals surface area contributed by atoms with Crippen molar-refractivity contribution in [3.8, 4) is 0 Å². The Morgan fingerprint density at radius 3 is 2.37 bits per heavy atom. The Morgan fingerprint density at radius 1 is 1.00 bits per heavy atom. The van der Waals surface area contributed by atoms with Crippen molar-refractivity contribution in [2.45, 2.75) is 58.8 Å². The molecule has 0 aromatic heterocycles. The zero-order valence-electron chi connectivity index (χ0n) is 13.0. The molecule has 2 rings (SSSR count). The van der Waals surface area contributed by atoms with Crippen molar-refractivity contribution >= 4 is 0 Å². The molecule has 1 saturated heterocycles. The summed E-state index contributed by atoms with van der Waals surface area (Å²) in [7, 11) is 0. The molecule has 19 heavy (non-hydrogen) atoms. The molecule has 112 valence electrons. The maximum atomic E-state index is 5.49. The van der Waals surface area contributed by atoms with Gasteiger partial charge in [-0.25, -0.2) is 0 Å². The largest absolute Gasteiger partial charge is 0.381 e. The zero-order chi connectivity index (χ0) is 13.5. The molecule has 0 bridgehead atoms. The lowest BCUT2D eigenvalue weighted by Crippen LogP contribution is -2.34. The van der Waals surface area contributed by atoms with Crippen LogP contribution in [0, 0.1) is 23.7 Å². The summed E-state index contributed by atoms with van der Waals surface area (Å²) in [6, 6.07) is 0. The number of ether oxygens (including phenoxy) is 1. The van der Waals surface area contributed by atoms with Gasteiger partial charge in [-0.15, -0.1) is 0 Å². The summed E-state index contributed by atoms with van der Waals surface area (Å²) >= 11 is 0. The van der Waals surface area contributed by atoms with Crippen LogP contribution in [0.4, 0.5) is 0 Å². The van der Waals surface area contributed by atoms with Crippen LogP contribution in [0.1, 0.15) is 58.8 Å². The van der Waals surface area contributed by atoms with Gasteiger partial charge in [-0.1, -0.05) is 33.1 Å². The van der Waals surface area contributed by atoms with Crippen LogP contribution in [-0.4, -0.2) is 26.3 Å². The first-order chi connectivity index (χ1) is 9.25. The predicted octanol–water partition coefficient (Wildman–Crippen LogP) is 3.86. The molecule has 2 nitrogen and oxygen atoms in total. The fraction of sp³-hybridized carbons (Fsp3) is 1.00. The fourth-order valence-electron chi connectivity index (χ4n) is 3.83. The van der Waals surface area contributed by atoms with Crippen molar-refractivity contribution in [2.75, 3.05) is 26.3 Å². The van der Waals surface area contributed by atoms with Crippen molar-refractivity contribution in [3.63, 3.8) is 0 Å². The molecule has 1 saturated carbocycles. The summed E-state index contributed by atoms with van der Waals surface area (Å²) in [5, 5.41) is 3.70. The van der Waals surface area contributed by atoms with Crippen molar-refractivity contribution in [1.82, 2.24) is 5.32 Å². The van der Waals surface area contributed by atoms with Crippen molar-refractivity contribution in [2.24, 2.45) is 23.7 Å². The average Bonchev–Trinajstić information content (AvgIpc) is 2.41. The van der Waals surface area contributed by atoms with Gasteiger partial charge in [0.1, 0.15) is 0 Å². The third-order valence-corrected chi connectivity index (χ3v) is 5.00. The van der Waals surface area contributed by atoms with Gasteiger partial charge in [-0.05, 0) is 62.4 Å². The van der Waals surface area contributed by atoms with E-state index in [0.29, 0.717) is 0 Å². The molecule has 0 spiro atoms. The zero-order valence-corrected chi connectivity index (χ0v) is 13.0. The second-order valence-corrected chi connectivity index (χ2v) is 7.15. The SMILES string of the molecule is CC(C)CNCC1CCCCC1CC1CCOCC1.